The molecule has 0 unspecified atom stereocenters. The third-order valence-electron chi connectivity index (χ3n) is 25.3. The van der Waals surface area contributed by atoms with E-state index in [0.29, 0.717) is 184 Å². The summed E-state index contributed by atoms with van der Waals surface area (Å²) in [5, 5.41) is 57.7. The van der Waals surface area contributed by atoms with Crippen molar-refractivity contribution in [2.24, 2.45) is 29.4 Å². The number of nitrogens with zero attached hydrogens (tertiary/aromatic N) is 8. The zero-order valence-electron chi connectivity index (χ0n) is 75.7. The Morgan fingerprint density at radius 1 is 0.721 bits per heavy atom. The van der Waals surface area contributed by atoms with Gasteiger partial charge in [-0.1, -0.05) is 75.4 Å². The fourth-order valence-corrected chi connectivity index (χ4v) is 17.9. The Morgan fingerprint density at radius 2 is 1.43 bits per heavy atom. The number of anilines is 2. The lowest BCUT2D eigenvalue weighted by atomic mass is 9.80. The second-order valence-corrected chi connectivity index (χ2v) is 35.0. The molecule has 4 fully saturated rings. The van der Waals surface area contributed by atoms with E-state index in [1.165, 1.54) is 19.0 Å². The Bertz CT molecular complexity index is 4630. The van der Waals surface area contributed by atoms with Crippen LogP contribution in [0.15, 0.2) is 94.7 Å². The van der Waals surface area contributed by atoms with Gasteiger partial charge in [-0.2, -0.15) is 10.1 Å². The lowest BCUT2D eigenvalue weighted by molar-refractivity contribution is -0.245. The number of hydrogen-bond acceptors (Lipinski definition) is 31. The Morgan fingerprint density at radius 3 is 2.15 bits per heavy atom. The van der Waals surface area contributed by atoms with Gasteiger partial charge in [-0.05, 0) is 155 Å². The summed E-state index contributed by atoms with van der Waals surface area (Å²) in [6, 6.07) is 9.84. The molecule has 12 N–H and O–H groups in total. The number of rotatable bonds is 33. The summed E-state index contributed by atoms with van der Waals surface area (Å²) in [7, 11) is 3.07. The fraction of sp³-hybridized carbons (Fsp3) is 0.645. The average molecular weight is 1800 g/mol. The number of piperidine rings is 2. The predicted octanol–water partition coefficient (Wildman–Crippen LogP) is 6.31. The first-order valence-corrected chi connectivity index (χ1v) is 45.7. The molecule has 710 valence electrons. The van der Waals surface area contributed by atoms with E-state index in [9.17, 15) is 54.0 Å². The molecular weight excluding hydrogens is 1670 g/mol. The summed E-state index contributed by atoms with van der Waals surface area (Å²) in [6.45, 7) is 16.2. The number of nitrogens with one attached hydrogen (secondary N) is 2. The van der Waals surface area contributed by atoms with Crippen LogP contribution in [0, 0.1) is 23.7 Å². The number of hydrogen-bond donors (Lipinski definition) is 9. The number of methoxy groups -OCH3 is 2. The zero-order valence-corrected chi connectivity index (χ0v) is 75.7. The zero-order chi connectivity index (χ0) is 92.1. The Balaban J connectivity index is 0.511. The topological polar surface area (TPSA) is 483 Å². The van der Waals surface area contributed by atoms with E-state index in [4.69, 9.17) is 78.8 Å². The number of cyclic esters (lactones) is 1. The molecule has 11 rings (SSSR count). The fourth-order valence-electron chi connectivity index (χ4n) is 17.9. The predicted molar refractivity (Wildman–Crippen MR) is 477 cm³/mol. The number of oxazole rings is 1. The van der Waals surface area contributed by atoms with Crippen molar-refractivity contribution in [1.82, 2.24) is 50.1 Å². The molecule has 3 aromatic heterocycles. The number of likely N-dealkylation sites (tertiary alicyclic amines) is 1. The first kappa shape index (κ1) is 100. The van der Waals surface area contributed by atoms with Crippen LogP contribution in [-0.2, 0) is 100 Å². The van der Waals surface area contributed by atoms with Crippen molar-refractivity contribution in [1.29, 1.82) is 0 Å². The molecule has 36 heteroatoms. The highest BCUT2D eigenvalue weighted by Crippen LogP contribution is 2.38. The molecule has 36 nitrogen and oxygen atoms in total. The van der Waals surface area contributed by atoms with Crippen LogP contribution in [0.3, 0.4) is 0 Å². The molecule has 129 heavy (non-hydrogen) atoms. The van der Waals surface area contributed by atoms with Gasteiger partial charge in [0.15, 0.2) is 17.0 Å². The highest BCUT2D eigenvalue weighted by Gasteiger charge is 2.50. The molecule has 1 aliphatic carbocycles. The molecule has 5 aromatic rings. The van der Waals surface area contributed by atoms with E-state index >= 15 is 0 Å². The van der Waals surface area contributed by atoms with Gasteiger partial charge in [0, 0.05) is 109 Å². The number of carbonyl (C=O) groups excluding carboxylic acids is 7. The van der Waals surface area contributed by atoms with Crippen LogP contribution in [0.25, 0.3) is 33.4 Å². The van der Waals surface area contributed by atoms with E-state index in [1.54, 1.807) is 40.0 Å². The maximum atomic E-state index is 14.6. The number of aliphatic hydroxyl groups excluding tert-OH is 3. The maximum absolute atomic E-state index is 14.6. The number of nitrogen functional groups attached to an aromatic ring is 2. The van der Waals surface area contributed by atoms with Crippen LogP contribution < -0.4 is 27.8 Å². The molecular formula is C93H135N13O23. The van der Waals surface area contributed by atoms with Crippen LogP contribution in [0.2, 0.25) is 0 Å². The van der Waals surface area contributed by atoms with Crippen molar-refractivity contribution in [3.8, 4) is 11.3 Å². The normalized spacial score (nSPS) is 27.1. The number of ketones is 2. The van der Waals surface area contributed by atoms with Gasteiger partial charge in [0.2, 0.25) is 17.6 Å². The molecule has 0 radical (unpaired) electrons. The van der Waals surface area contributed by atoms with Gasteiger partial charge in [-0.25, -0.2) is 24.2 Å². The van der Waals surface area contributed by atoms with Gasteiger partial charge < -0.3 is 115 Å². The number of aromatic nitrogens is 5. The molecule has 8 heterocycles. The Kier molecular flexibility index (Phi) is 38.9. The minimum absolute atomic E-state index is 0.0188. The molecule has 6 aliphatic rings. The van der Waals surface area contributed by atoms with Crippen molar-refractivity contribution >= 4 is 75.3 Å². The maximum Gasteiger partial charge on any atom is 0.407 e. The standard InChI is InChI=1S/C93H135N13O23/c1-58-14-9-8-10-15-59(2)76(118-6)52-69-16-13-28-93(117,129-69)86(113)89(114)105-30-12-11-17-72(105)90(115)126-77(53-73(107)60(3)47-62(5)84(111)85(112)83(110)61(4)46-58)70(94)49-63-19-22-75(78(50-63)119-7)128-92(116)97-29-35-121-37-39-123-41-43-125-45-44-124-42-40-122-38-36-120-34-27-79(108)100-68-25-31-103(32-26-68)56-80(109)104-33-24-65-48-64(18-20-67(65)55-104)54-106-88-81(87(95)98-57-99-88)82(102-106)66-21-23-74-71(51-66)101-91(96)127-74/h8-10,14-15,18,20-21,23,47-48,51,57-58,60-61,63,68-70,72-73,75-78,84-85,107,111-112,117H,11-13,16-17,19,22,24-46,49-50,52-56,94H2,1-7H3,(H2,96,101)(H,97,116)(H,100,108)(H2,95,98,99)/b10-8?,14-9+,59-15?,62-47+/t58-,60-,61-,63+,69+,70-,72+,73-,75-,76+,77+,78-,84-,85+,93-/m1/s1. The largest absolute Gasteiger partial charge is 0.459 e. The quantitative estimate of drug-likeness (QED) is 0.00961. The van der Waals surface area contributed by atoms with Gasteiger partial charge in [-0.15, -0.1) is 0 Å². The highest BCUT2D eigenvalue weighted by molar-refractivity contribution is 6.39. The summed E-state index contributed by atoms with van der Waals surface area (Å²) in [5.41, 5.74) is 26.9. The van der Waals surface area contributed by atoms with Gasteiger partial charge in [0.1, 0.15) is 53.8 Å². The molecule has 4 amide bonds. The first-order chi connectivity index (χ1) is 62.1. The monoisotopic (exact) mass is 1800 g/mol. The minimum atomic E-state index is -2.46. The Hall–Kier alpha value is -9.09. The summed E-state index contributed by atoms with van der Waals surface area (Å²) in [6.07, 6.45) is 10.1. The molecule has 2 aromatic carbocycles. The number of fused-ring (bicyclic) bond motifs is 6. The molecule has 2 bridgehead atoms. The van der Waals surface area contributed by atoms with E-state index in [2.05, 4.69) is 48.7 Å². The van der Waals surface area contributed by atoms with Crippen LogP contribution >= 0.6 is 0 Å². The molecule has 0 spiro atoms. The van der Waals surface area contributed by atoms with Crippen molar-refractivity contribution in [3.63, 3.8) is 0 Å². The number of alkyl carbamates (subject to hydrolysis) is 1. The van der Waals surface area contributed by atoms with E-state index in [0.717, 1.165) is 46.4 Å². The number of Topliss-reactive ketones (excluding diaryl/α,β-unsaturated/α-hetero) is 2. The van der Waals surface area contributed by atoms with Crippen molar-refractivity contribution in [2.75, 3.05) is 144 Å². The van der Waals surface area contributed by atoms with Crippen molar-refractivity contribution < 1.29 is 111 Å². The van der Waals surface area contributed by atoms with Gasteiger partial charge in [0.05, 0.1) is 122 Å². The molecule has 5 aliphatic heterocycles. The summed E-state index contributed by atoms with van der Waals surface area (Å²) >= 11 is 0. The average Bonchev–Trinajstić information content (AvgIpc) is 1.63. The van der Waals surface area contributed by atoms with Crippen LogP contribution in [0.4, 0.5) is 16.6 Å². The van der Waals surface area contributed by atoms with Gasteiger partial charge in [-0.3, -0.25) is 28.9 Å². The number of carbonyl (C=O) groups is 7. The number of nitrogens with two attached hydrogens (primary N) is 3. The lowest BCUT2D eigenvalue weighted by Crippen LogP contribution is -2.58. The number of benzene rings is 2. The SMILES string of the molecule is CO[C@H]1C[C@@H]2CCC[C@@](O)(O2)C(=O)C(=O)N2CCCC[C@H]2C(=O)O[C@H]([C@H](N)C[C@@H]2CC[C@@H](OC(=O)NCCOCCOCCOCCOCCOCCOCCC(=O)NC3CCN(CC(=O)N4CCc5cc(Cn6nc(-c7ccc8oc(N)nc8c7)c7c(N)ncnc76)ccc5C4)CC3)[C@H](OC)C2)C[C@@H](O)[C@H](C)/C=C(\C)[C@@H](O)[C@@H](O)C(=O)[C@H](C)C[C@H](C)/C=C/C=CC=C1C. The number of ether oxygens (including phenoxy) is 11. The van der Waals surface area contributed by atoms with Crippen LogP contribution in [0.5, 0.6) is 0 Å². The number of amides is 4. The summed E-state index contributed by atoms with van der Waals surface area (Å²) in [5.74, 6) is -7.34. The lowest BCUT2D eigenvalue weighted by Gasteiger charge is -2.40. The smallest absolute Gasteiger partial charge is 0.407 e. The minimum Gasteiger partial charge on any atom is -0.459 e. The molecule has 1 saturated carbocycles. The van der Waals surface area contributed by atoms with Crippen molar-refractivity contribution in [3.05, 3.63) is 107 Å². The van der Waals surface area contributed by atoms with Crippen LogP contribution in [0.1, 0.15) is 154 Å². The van der Waals surface area contributed by atoms with Gasteiger partial charge >= 0.3 is 12.1 Å². The van der Waals surface area contributed by atoms with Crippen molar-refractivity contribution in [2.45, 2.75) is 230 Å². The first-order valence-electron chi connectivity index (χ1n) is 45.7. The number of aliphatic hydroxyl groups is 4. The van der Waals surface area contributed by atoms with E-state index < -0.39 is 108 Å². The van der Waals surface area contributed by atoms with Crippen LogP contribution in [-0.4, -0.2) is 307 Å². The third kappa shape index (κ3) is 29.2. The highest BCUT2D eigenvalue weighted by atomic mass is 16.6. The number of allylic oxidation sites excluding steroid dienone is 5. The van der Waals surface area contributed by atoms with E-state index in [1.807, 2.05) is 65.9 Å². The summed E-state index contributed by atoms with van der Waals surface area (Å²) in [4.78, 5) is 115. The second-order valence-electron chi connectivity index (χ2n) is 35.0. The molecule has 15 atom stereocenters. The number of esters is 1. The molecule has 3 saturated heterocycles. The van der Waals surface area contributed by atoms with E-state index in [-0.39, 0.29) is 113 Å². The second kappa shape index (κ2) is 50.0. The summed E-state index contributed by atoms with van der Waals surface area (Å²) < 4.78 is 71.0. The van der Waals surface area contributed by atoms with Gasteiger partial charge in [0.25, 0.3) is 17.7 Å². The Labute approximate surface area is 754 Å². The third-order valence-corrected chi connectivity index (χ3v) is 25.3.